The van der Waals surface area contributed by atoms with E-state index in [2.05, 4.69) is 20.7 Å². The highest BCUT2D eigenvalue weighted by Crippen LogP contribution is 2.14. The van der Waals surface area contributed by atoms with Crippen LogP contribution in [0.25, 0.3) is 5.69 Å². The van der Waals surface area contributed by atoms with Gasteiger partial charge in [0.1, 0.15) is 11.6 Å². The number of aliphatic imine (C=N–C) groups is 1. The number of benzene rings is 2. The van der Waals surface area contributed by atoms with Crippen LogP contribution >= 0.6 is 0 Å². The number of hydrogen-bond donors (Lipinski definition) is 2. The smallest absolute Gasteiger partial charge is 0.191 e. The molecule has 28 heavy (non-hydrogen) atoms. The minimum Gasteiger partial charge on any atom is -0.497 e. The second-order valence-corrected chi connectivity index (χ2v) is 6.31. The SMILES string of the molecule is CN=C(NCc1ccc(F)c(C)c1)NCc1ccn(-c2ccc(OC)cc2)n1. The van der Waals surface area contributed by atoms with Gasteiger partial charge < -0.3 is 15.4 Å². The van der Waals surface area contributed by atoms with Crippen LogP contribution in [0.5, 0.6) is 5.75 Å². The fraction of sp³-hybridized carbons (Fsp3) is 0.238. The molecule has 0 spiro atoms. The lowest BCUT2D eigenvalue weighted by atomic mass is 10.1. The first-order valence-corrected chi connectivity index (χ1v) is 8.97. The molecule has 0 bridgehead atoms. The lowest BCUT2D eigenvalue weighted by Crippen LogP contribution is -2.36. The quantitative estimate of drug-likeness (QED) is 0.508. The number of ether oxygens (including phenoxy) is 1. The molecule has 1 aromatic heterocycles. The Balaban J connectivity index is 1.55. The Bertz CT molecular complexity index is 950. The molecule has 0 amide bonds. The zero-order valence-corrected chi connectivity index (χ0v) is 16.2. The van der Waals surface area contributed by atoms with Crippen molar-refractivity contribution in [2.24, 2.45) is 4.99 Å². The van der Waals surface area contributed by atoms with E-state index in [9.17, 15) is 4.39 Å². The van der Waals surface area contributed by atoms with Crippen LogP contribution in [0.15, 0.2) is 59.7 Å². The minimum atomic E-state index is -0.196. The van der Waals surface area contributed by atoms with E-state index >= 15 is 0 Å². The number of guanidine groups is 1. The molecule has 0 saturated carbocycles. The van der Waals surface area contributed by atoms with Crippen LogP contribution in [0.2, 0.25) is 0 Å². The maximum absolute atomic E-state index is 13.4. The van der Waals surface area contributed by atoms with Crippen LogP contribution in [0.1, 0.15) is 16.8 Å². The van der Waals surface area contributed by atoms with Gasteiger partial charge in [0.2, 0.25) is 0 Å². The fourth-order valence-electron chi connectivity index (χ4n) is 2.73. The van der Waals surface area contributed by atoms with Crippen molar-refractivity contribution < 1.29 is 9.13 Å². The summed E-state index contributed by atoms with van der Waals surface area (Å²) < 4.78 is 20.4. The van der Waals surface area contributed by atoms with Gasteiger partial charge in [0.25, 0.3) is 0 Å². The molecular formula is C21H24FN5O. The summed E-state index contributed by atoms with van der Waals surface area (Å²) in [6.07, 6.45) is 1.91. The number of aryl methyl sites for hydroxylation is 1. The van der Waals surface area contributed by atoms with Gasteiger partial charge in [-0.3, -0.25) is 4.99 Å². The lowest BCUT2D eigenvalue weighted by Gasteiger charge is -2.11. The van der Waals surface area contributed by atoms with E-state index in [-0.39, 0.29) is 5.82 Å². The first-order chi connectivity index (χ1) is 13.6. The molecule has 0 radical (unpaired) electrons. The van der Waals surface area contributed by atoms with E-state index in [0.29, 0.717) is 24.6 Å². The predicted octanol–water partition coefficient (Wildman–Crippen LogP) is 3.19. The molecular weight excluding hydrogens is 357 g/mol. The zero-order valence-electron chi connectivity index (χ0n) is 16.2. The average Bonchev–Trinajstić information content (AvgIpc) is 3.20. The van der Waals surface area contributed by atoms with Gasteiger partial charge in [0, 0.05) is 19.8 Å². The number of nitrogens with one attached hydrogen (secondary N) is 2. The molecule has 0 fully saturated rings. The number of nitrogens with zero attached hydrogens (tertiary/aromatic N) is 3. The third kappa shape index (κ3) is 4.88. The number of rotatable bonds is 6. The summed E-state index contributed by atoms with van der Waals surface area (Å²) in [6.45, 7) is 2.84. The first kappa shape index (κ1) is 19.4. The molecule has 0 unspecified atom stereocenters. The third-order valence-corrected chi connectivity index (χ3v) is 4.32. The number of aromatic nitrogens is 2. The van der Waals surface area contributed by atoms with Crippen LogP contribution in [-0.2, 0) is 13.1 Å². The normalized spacial score (nSPS) is 11.4. The van der Waals surface area contributed by atoms with Gasteiger partial charge in [-0.15, -0.1) is 0 Å². The van der Waals surface area contributed by atoms with Crippen LogP contribution < -0.4 is 15.4 Å². The highest BCUT2D eigenvalue weighted by atomic mass is 19.1. The molecule has 3 rings (SSSR count). The Kier molecular flexibility index (Phi) is 6.26. The van der Waals surface area contributed by atoms with Crippen molar-refractivity contribution in [2.45, 2.75) is 20.0 Å². The minimum absolute atomic E-state index is 0.196. The second kappa shape index (κ2) is 9.03. The summed E-state index contributed by atoms with van der Waals surface area (Å²) in [5, 5.41) is 11.0. The monoisotopic (exact) mass is 381 g/mol. The first-order valence-electron chi connectivity index (χ1n) is 8.97. The van der Waals surface area contributed by atoms with Gasteiger partial charge in [0.15, 0.2) is 5.96 Å². The lowest BCUT2D eigenvalue weighted by molar-refractivity contribution is 0.414. The van der Waals surface area contributed by atoms with E-state index in [4.69, 9.17) is 4.74 Å². The van der Waals surface area contributed by atoms with Crippen molar-refractivity contribution in [1.29, 1.82) is 0 Å². The molecule has 2 aromatic carbocycles. The molecule has 2 N–H and O–H groups in total. The summed E-state index contributed by atoms with van der Waals surface area (Å²) in [5.41, 5.74) is 3.47. The average molecular weight is 381 g/mol. The zero-order chi connectivity index (χ0) is 19.9. The maximum atomic E-state index is 13.4. The Morgan fingerprint density at radius 1 is 1.11 bits per heavy atom. The van der Waals surface area contributed by atoms with Crippen LogP contribution in [0, 0.1) is 12.7 Å². The molecule has 0 atom stereocenters. The van der Waals surface area contributed by atoms with Crippen molar-refractivity contribution in [3.8, 4) is 11.4 Å². The van der Waals surface area contributed by atoms with Gasteiger partial charge in [-0.1, -0.05) is 12.1 Å². The van der Waals surface area contributed by atoms with Crippen molar-refractivity contribution in [1.82, 2.24) is 20.4 Å². The molecule has 1 heterocycles. The summed E-state index contributed by atoms with van der Waals surface area (Å²) >= 11 is 0. The van der Waals surface area contributed by atoms with Gasteiger partial charge >= 0.3 is 0 Å². The Hall–Kier alpha value is -3.35. The van der Waals surface area contributed by atoms with Gasteiger partial charge in [-0.05, 0) is 54.4 Å². The molecule has 0 saturated heterocycles. The van der Waals surface area contributed by atoms with E-state index in [1.807, 2.05) is 47.3 Å². The van der Waals surface area contributed by atoms with Crippen molar-refractivity contribution in [3.05, 3.63) is 77.4 Å². The summed E-state index contributed by atoms with van der Waals surface area (Å²) in [5.74, 6) is 1.27. The van der Waals surface area contributed by atoms with Crippen molar-refractivity contribution in [2.75, 3.05) is 14.2 Å². The molecule has 0 aliphatic carbocycles. The van der Waals surface area contributed by atoms with Crippen LogP contribution in [0.4, 0.5) is 4.39 Å². The number of methoxy groups -OCH3 is 1. The van der Waals surface area contributed by atoms with E-state index < -0.39 is 0 Å². The molecule has 7 heteroatoms. The van der Waals surface area contributed by atoms with Gasteiger partial charge in [-0.25, -0.2) is 9.07 Å². The second-order valence-electron chi connectivity index (χ2n) is 6.31. The van der Waals surface area contributed by atoms with Crippen molar-refractivity contribution in [3.63, 3.8) is 0 Å². The summed E-state index contributed by atoms with van der Waals surface area (Å²) in [6, 6.07) is 14.7. The Labute approximate surface area is 164 Å². The van der Waals surface area contributed by atoms with E-state index in [1.165, 1.54) is 6.07 Å². The fourth-order valence-corrected chi connectivity index (χ4v) is 2.73. The molecule has 146 valence electrons. The summed E-state index contributed by atoms with van der Waals surface area (Å²) in [4.78, 5) is 4.21. The number of halogens is 1. The Morgan fingerprint density at radius 3 is 2.54 bits per heavy atom. The third-order valence-electron chi connectivity index (χ3n) is 4.32. The Morgan fingerprint density at radius 2 is 1.86 bits per heavy atom. The predicted molar refractivity (Wildman–Crippen MR) is 108 cm³/mol. The largest absolute Gasteiger partial charge is 0.497 e. The molecule has 0 aliphatic rings. The number of hydrogen-bond acceptors (Lipinski definition) is 3. The highest BCUT2D eigenvalue weighted by Gasteiger charge is 2.05. The van der Waals surface area contributed by atoms with E-state index in [0.717, 1.165) is 22.7 Å². The van der Waals surface area contributed by atoms with Crippen molar-refractivity contribution >= 4 is 5.96 Å². The van der Waals surface area contributed by atoms with Gasteiger partial charge in [0.05, 0.1) is 25.0 Å². The summed E-state index contributed by atoms with van der Waals surface area (Å²) in [7, 11) is 3.35. The topological polar surface area (TPSA) is 63.5 Å². The standard InChI is InChI=1S/C21H24FN5O/c1-15-12-16(4-9-20(15)22)13-24-21(23-2)25-14-17-10-11-27(26-17)18-5-7-19(28-3)8-6-18/h4-12H,13-14H2,1-3H3,(H2,23,24,25). The van der Waals surface area contributed by atoms with Gasteiger partial charge in [-0.2, -0.15) is 5.10 Å². The van der Waals surface area contributed by atoms with Crippen LogP contribution in [0.3, 0.4) is 0 Å². The maximum Gasteiger partial charge on any atom is 0.191 e. The molecule has 6 nitrogen and oxygen atoms in total. The van der Waals surface area contributed by atoms with E-state index in [1.54, 1.807) is 27.1 Å². The molecule has 0 aliphatic heterocycles. The highest BCUT2D eigenvalue weighted by molar-refractivity contribution is 5.79. The molecule has 3 aromatic rings. The van der Waals surface area contributed by atoms with Crippen LogP contribution in [-0.4, -0.2) is 29.9 Å².